The van der Waals surface area contributed by atoms with Crippen molar-refractivity contribution in [1.29, 1.82) is 0 Å². The number of anilines is 1. The minimum absolute atomic E-state index is 0.0265. The summed E-state index contributed by atoms with van der Waals surface area (Å²) >= 11 is 12.1. The summed E-state index contributed by atoms with van der Waals surface area (Å²) in [6, 6.07) is 3.30. The normalized spacial score (nSPS) is 14.2. The molecule has 2 amide bonds. The Morgan fingerprint density at radius 1 is 1.20 bits per heavy atom. The van der Waals surface area contributed by atoms with E-state index in [-0.39, 0.29) is 18.4 Å². The van der Waals surface area contributed by atoms with Crippen LogP contribution in [0.5, 0.6) is 5.75 Å². The third-order valence-electron chi connectivity index (χ3n) is 4.12. The van der Waals surface area contributed by atoms with Gasteiger partial charge < -0.3 is 19.4 Å². The number of amides is 2. The average Bonchev–Trinajstić information content (AvgIpc) is 2.62. The Morgan fingerprint density at radius 2 is 1.76 bits per heavy atom. The average molecular weight is 386 g/mol. The van der Waals surface area contributed by atoms with Gasteiger partial charge in [-0.3, -0.25) is 9.59 Å². The second kappa shape index (κ2) is 8.45. The van der Waals surface area contributed by atoms with Crippen LogP contribution in [0.15, 0.2) is 24.8 Å². The maximum atomic E-state index is 12.5. The van der Waals surface area contributed by atoms with Crippen LogP contribution in [0.25, 0.3) is 0 Å². The maximum Gasteiger partial charge on any atom is 0.246 e. The zero-order valence-corrected chi connectivity index (χ0v) is 15.8. The van der Waals surface area contributed by atoms with Crippen molar-refractivity contribution >= 4 is 40.7 Å². The number of halogens is 2. The highest BCUT2D eigenvalue weighted by Gasteiger charge is 2.24. The molecule has 8 heteroatoms. The standard InChI is InChI=1S/C17H21Cl2N3O3/c1-4-16(23)21-5-7-22(8-6-21)17(24)11-20(2)14-9-12(18)13(19)10-15(14)25-3/h4,9-10H,1,5-8,11H2,2-3H3. The molecule has 1 aliphatic rings. The SMILES string of the molecule is C=CC(=O)N1CCN(C(=O)CN(C)c2cc(Cl)c(Cl)cc2OC)CC1. The second-order valence-electron chi connectivity index (χ2n) is 5.70. The van der Waals surface area contributed by atoms with Gasteiger partial charge in [-0.05, 0) is 12.1 Å². The number of likely N-dealkylation sites (N-methyl/N-ethyl adjacent to an activating group) is 1. The van der Waals surface area contributed by atoms with E-state index in [1.807, 2.05) is 0 Å². The fraction of sp³-hybridized carbons (Fsp3) is 0.412. The first-order valence-electron chi connectivity index (χ1n) is 7.80. The molecular formula is C17H21Cl2N3O3. The smallest absolute Gasteiger partial charge is 0.246 e. The first-order valence-corrected chi connectivity index (χ1v) is 8.56. The van der Waals surface area contributed by atoms with Crippen LogP contribution in [0.2, 0.25) is 10.0 Å². The number of carbonyl (C=O) groups excluding carboxylic acids is 2. The zero-order chi connectivity index (χ0) is 18.6. The third-order valence-corrected chi connectivity index (χ3v) is 4.85. The molecule has 0 atom stereocenters. The van der Waals surface area contributed by atoms with Gasteiger partial charge in [-0.15, -0.1) is 0 Å². The number of nitrogens with zero attached hydrogens (tertiary/aromatic N) is 3. The van der Waals surface area contributed by atoms with Crippen molar-refractivity contribution in [2.45, 2.75) is 0 Å². The Kier molecular flexibility index (Phi) is 6.56. The fourth-order valence-corrected chi connectivity index (χ4v) is 2.98. The summed E-state index contributed by atoms with van der Waals surface area (Å²) in [5, 5.41) is 0.790. The molecule has 25 heavy (non-hydrogen) atoms. The van der Waals surface area contributed by atoms with Crippen LogP contribution in [0.1, 0.15) is 0 Å². The van der Waals surface area contributed by atoms with E-state index < -0.39 is 0 Å². The number of hydrogen-bond donors (Lipinski definition) is 0. The van der Waals surface area contributed by atoms with E-state index in [4.69, 9.17) is 27.9 Å². The quantitative estimate of drug-likeness (QED) is 0.729. The molecule has 0 saturated carbocycles. The summed E-state index contributed by atoms with van der Waals surface area (Å²) in [4.78, 5) is 29.3. The lowest BCUT2D eigenvalue weighted by atomic mass is 10.2. The lowest BCUT2D eigenvalue weighted by molar-refractivity contribution is -0.136. The second-order valence-corrected chi connectivity index (χ2v) is 6.52. The summed E-state index contributed by atoms with van der Waals surface area (Å²) < 4.78 is 5.32. The summed E-state index contributed by atoms with van der Waals surface area (Å²) in [6.07, 6.45) is 1.29. The number of benzene rings is 1. The highest BCUT2D eigenvalue weighted by Crippen LogP contribution is 2.35. The Morgan fingerprint density at radius 3 is 2.32 bits per heavy atom. The molecule has 0 radical (unpaired) electrons. The van der Waals surface area contributed by atoms with E-state index >= 15 is 0 Å². The number of ether oxygens (including phenoxy) is 1. The Bertz CT molecular complexity index is 673. The summed E-state index contributed by atoms with van der Waals surface area (Å²) in [5.41, 5.74) is 0.686. The number of carbonyl (C=O) groups is 2. The van der Waals surface area contributed by atoms with Gasteiger partial charge in [0.05, 0.1) is 29.4 Å². The minimum Gasteiger partial charge on any atom is -0.495 e. The molecule has 0 bridgehead atoms. The van der Waals surface area contributed by atoms with Crippen LogP contribution in [0.3, 0.4) is 0 Å². The molecule has 1 heterocycles. The monoisotopic (exact) mass is 385 g/mol. The highest BCUT2D eigenvalue weighted by molar-refractivity contribution is 6.42. The Labute approximate surface area is 157 Å². The molecule has 0 spiro atoms. The molecule has 136 valence electrons. The Balaban J connectivity index is 2.00. The van der Waals surface area contributed by atoms with Crippen LogP contribution in [-0.4, -0.2) is 68.5 Å². The zero-order valence-electron chi connectivity index (χ0n) is 14.3. The van der Waals surface area contributed by atoms with Crippen LogP contribution in [0.4, 0.5) is 5.69 Å². The molecule has 1 aromatic rings. The van der Waals surface area contributed by atoms with Crippen molar-refractivity contribution in [3.63, 3.8) is 0 Å². The van der Waals surface area contributed by atoms with Gasteiger partial charge in [0, 0.05) is 39.3 Å². The molecule has 0 unspecified atom stereocenters. The first-order chi connectivity index (χ1) is 11.9. The van der Waals surface area contributed by atoms with Gasteiger partial charge in [0.2, 0.25) is 11.8 Å². The van der Waals surface area contributed by atoms with Crippen LogP contribution < -0.4 is 9.64 Å². The molecule has 1 aliphatic heterocycles. The van der Waals surface area contributed by atoms with Crippen LogP contribution >= 0.6 is 23.2 Å². The van der Waals surface area contributed by atoms with Crippen molar-refractivity contribution < 1.29 is 14.3 Å². The third kappa shape index (κ3) is 4.58. The number of piperazine rings is 1. The van der Waals surface area contributed by atoms with E-state index in [1.165, 1.54) is 13.2 Å². The van der Waals surface area contributed by atoms with Crippen molar-refractivity contribution in [2.24, 2.45) is 0 Å². The molecule has 0 aromatic heterocycles. The van der Waals surface area contributed by atoms with Gasteiger partial charge in [0.25, 0.3) is 0 Å². The summed E-state index contributed by atoms with van der Waals surface area (Å²) in [7, 11) is 3.33. The topological polar surface area (TPSA) is 53.1 Å². The van der Waals surface area contributed by atoms with Gasteiger partial charge in [-0.25, -0.2) is 0 Å². The van der Waals surface area contributed by atoms with Crippen LogP contribution in [-0.2, 0) is 9.59 Å². The van der Waals surface area contributed by atoms with E-state index in [9.17, 15) is 9.59 Å². The lowest BCUT2D eigenvalue weighted by Gasteiger charge is -2.35. The molecule has 2 rings (SSSR count). The van der Waals surface area contributed by atoms with Crippen LogP contribution in [0, 0.1) is 0 Å². The van der Waals surface area contributed by atoms with E-state index in [0.29, 0.717) is 47.7 Å². The maximum absolute atomic E-state index is 12.5. The van der Waals surface area contributed by atoms with Crippen molar-refractivity contribution in [3.8, 4) is 5.75 Å². The molecule has 0 N–H and O–H groups in total. The van der Waals surface area contributed by atoms with Crippen molar-refractivity contribution in [3.05, 3.63) is 34.8 Å². The minimum atomic E-state index is -0.107. The Hall–Kier alpha value is -1.92. The number of hydrogen-bond acceptors (Lipinski definition) is 4. The van der Waals surface area contributed by atoms with Gasteiger partial charge in [0.15, 0.2) is 0 Å². The van der Waals surface area contributed by atoms with Crippen molar-refractivity contribution in [1.82, 2.24) is 9.80 Å². The lowest BCUT2D eigenvalue weighted by Crippen LogP contribution is -2.52. The largest absolute Gasteiger partial charge is 0.495 e. The molecule has 6 nitrogen and oxygen atoms in total. The van der Waals surface area contributed by atoms with Crippen molar-refractivity contribution in [2.75, 3.05) is 51.8 Å². The van der Waals surface area contributed by atoms with Gasteiger partial charge in [-0.2, -0.15) is 0 Å². The van der Waals surface area contributed by atoms with E-state index in [1.54, 1.807) is 33.9 Å². The molecule has 1 aromatic carbocycles. The van der Waals surface area contributed by atoms with Gasteiger partial charge in [0.1, 0.15) is 5.75 Å². The van der Waals surface area contributed by atoms with E-state index in [2.05, 4.69) is 6.58 Å². The molecule has 1 saturated heterocycles. The predicted octanol–water partition coefficient (Wildman–Crippen LogP) is 2.29. The summed E-state index contributed by atoms with van der Waals surface area (Å²) in [5.74, 6) is 0.414. The summed E-state index contributed by atoms with van der Waals surface area (Å²) in [6.45, 7) is 5.68. The fourth-order valence-electron chi connectivity index (χ4n) is 2.67. The predicted molar refractivity (Wildman–Crippen MR) is 99.6 cm³/mol. The number of rotatable bonds is 5. The number of methoxy groups -OCH3 is 1. The first kappa shape index (κ1) is 19.4. The molecule has 0 aliphatic carbocycles. The highest BCUT2D eigenvalue weighted by atomic mass is 35.5. The van der Waals surface area contributed by atoms with Gasteiger partial charge >= 0.3 is 0 Å². The van der Waals surface area contributed by atoms with E-state index in [0.717, 1.165) is 0 Å². The molecule has 1 fully saturated rings. The van der Waals surface area contributed by atoms with Gasteiger partial charge in [-0.1, -0.05) is 29.8 Å². The molecular weight excluding hydrogens is 365 g/mol.